The van der Waals surface area contributed by atoms with Gasteiger partial charge in [-0.15, -0.1) is 11.8 Å². The lowest BCUT2D eigenvalue weighted by Gasteiger charge is -2.25. The summed E-state index contributed by atoms with van der Waals surface area (Å²) in [5, 5.41) is 4.83. The van der Waals surface area contributed by atoms with Crippen LogP contribution in [0.5, 0.6) is 0 Å². The molecular weight excluding hydrogens is 440 g/mol. The van der Waals surface area contributed by atoms with E-state index in [0.29, 0.717) is 36.8 Å². The first kappa shape index (κ1) is 22.9. The molecule has 3 aromatic heterocycles. The standard InChI is InChI=1S/C23H26N6O3S/c1-27-11-18(10-26-27)12-28-13-19(32-16-17-5-3-7-24-9-17)14-29(15-21(28)30)23(31)20-6-4-8-25-22(20)33-2/h3-11,19H,12-16H2,1-2H3/t19-/m1/s1. The van der Waals surface area contributed by atoms with Crippen LogP contribution in [0.25, 0.3) is 0 Å². The van der Waals surface area contributed by atoms with Crippen LogP contribution in [0.2, 0.25) is 0 Å². The Morgan fingerprint density at radius 1 is 1.18 bits per heavy atom. The normalized spacial score (nSPS) is 16.7. The molecule has 2 amide bonds. The first-order valence-electron chi connectivity index (χ1n) is 10.6. The number of carbonyl (C=O) groups excluding carboxylic acids is 2. The fourth-order valence-corrected chi connectivity index (χ4v) is 4.29. The van der Waals surface area contributed by atoms with Gasteiger partial charge >= 0.3 is 0 Å². The predicted molar refractivity (Wildman–Crippen MR) is 123 cm³/mol. The van der Waals surface area contributed by atoms with Gasteiger partial charge in [0.2, 0.25) is 5.91 Å². The SMILES string of the molecule is CSc1ncccc1C(=O)N1CC(=O)N(Cc2cnn(C)c2)C[C@@H](OCc2cccnc2)C1. The Morgan fingerprint density at radius 3 is 2.76 bits per heavy atom. The van der Waals surface area contributed by atoms with E-state index in [1.54, 1.807) is 51.4 Å². The topological polar surface area (TPSA) is 93.5 Å². The first-order valence-corrected chi connectivity index (χ1v) is 11.8. The summed E-state index contributed by atoms with van der Waals surface area (Å²) in [4.78, 5) is 38.3. The molecule has 0 N–H and O–H groups in total. The van der Waals surface area contributed by atoms with Crippen LogP contribution in [-0.2, 0) is 29.7 Å². The summed E-state index contributed by atoms with van der Waals surface area (Å²) < 4.78 is 7.88. The number of aryl methyl sites for hydroxylation is 1. The van der Waals surface area contributed by atoms with Crippen LogP contribution in [0, 0.1) is 0 Å². The highest BCUT2D eigenvalue weighted by Crippen LogP contribution is 2.21. The average molecular weight is 467 g/mol. The summed E-state index contributed by atoms with van der Waals surface area (Å²) in [5.41, 5.74) is 2.35. The van der Waals surface area contributed by atoms with Crippen molar-refractivity contribution in [1.82, 2.24) is 29.5 Å². The van der Waals surface area contributed by atoms with Crippen LogP contribution >= 0.6 is 11.8 Å². The number of nitrogens with zero attached hydrogens (tertiary/aromatic N) is 6. The Bertz CT molecular complexity index is 1110. The summed E-state index contributed by atoms with van der Waals surface area (Å²) in [6.07, 6.45) is 10.3. The largest absolute Gasteiger partial charge is 0.370 e. The molecule has 10 heteroatoms. The van der Waals surface area contributed by atoms with Crippen LogP contribution in [0.15, 0.2) is 60.3 Å². The molecule has 0 spiro atoms. The van der Waals surface area contributed by atoms with Crippen LogP contribution < -0.4 is 0 Å². The number of hydrogen-bond donors (Lipinski definition) is 0. The van der Waals surface area contributed by atoms with Gasteiger partial charge in [0.1, 0.15) is 11.6 Å². The number of carbonyl (C=O) groups is 2. The number of amides is 2. The van der Waals surface area contributed by atoms with E-state index in [9.17, 15) is 9.59 Å². The van der Waals surface area contributed by atoms with Gasteiger partial charge in [-0.3, -0.25) is 19.3 Å². The highest BCUT2D eigenvalue weighted by atomic mass is 32.2. The van der Waals surface area contributed by atoms with Gasteiger partial charge in [0.05, 0.1) is 24.5 Å². The second-order valence-corrected chi connectivity index (χ2v) is 8.63. The molecule has 4 rings (SSSR count). The zero-order valence-corrected chi connectivity index (χ0v) is 19.4. The van der Waals surface area contributed by atoms with E-state index in [4.69, 9.17) is 4.74 Å². The molecule has 0 radical (unpaired) electrons. The molecule has 1 aliphatic rings. The molecule has 1 atom stereocenters. The van der Waals surface area contributed by atoms with Gasteiger partial charge in [-0.2, -0.15) is 5.10 Å². The molecule has 1 saturated heterocycles. The van der Waals surface area contributed by atoms with Crippen molar-refractivity contribution in [2.24, 2.45) is 7.05 Å². The maximum Gasteiger partial charge on any atom is 0.257 e. The molecule has 172 valence electrons. The van der Waals surface area contributed by atoms with E-state index in [2.05, 4.69) is 15.1 Å². The molecule has 0 aliphatic carbocycles. The van der Waals surface area contributed by atoms with Crippen LogP contribution in [0.3, 0.4) is 0 Å². The van der Waals surface area contributed by atoms with Crippen molar-refractivity contribution in [3.63, 3.8) is 0 Å². The second kappa shape index (κ2) is 10.6. The molecule has 33 heavy (non-hydrogen) atoms. The number of aromatic nitrogens is 4. The minimum absolute atomic E-state index is 0.0193. The summed E-state index contributed by atoms with van der Waals surface area (Å²) in [6, 6.07) is 7.27. The van der Waals surface area contributed by atoms with Gasteiger partial charge in [-0.1, -0.05) is 6.07 Å². The number of pyridine rings is 2. The predicted octanol–water partition coefficient (Wildman–Crippen LogP) is 2.00. The molecule has 0 aromatic carbocycles. The third-order valence-electron chi connectivity index (χ3n) is 5.35. The van der Waals surface area contributed by atoms with E-state index in [0.717, 1.165) is 11.1 Å². The molecule has 0 unspecified atom stereocenters. The molecule has 9 nitrogen and oxygen atoms in total. The lowest BCUT2D eigenvalue weighted by atomic mass is 10.2. The fourth-order valence-electron chi connectivity index (χ4n) is 3.75. The summed E-state index contributed by atoms with van der Waals surface area (Å²) in [6.45, 7) is 1.41. The van der Waals surface area contributed by atoms with Gasteiger partial charge in [0, 0.05) is 57.0 Å². The highest BCUT2D eigenvalue weighted by molar-refractivity contribution is 7.98. The minimum atomic E-state index is -0.355. The van der Waals surface area contributed by atoms with E-state index in [-0.39, 0.29) is 24.5 Å². The van der Waals surface area contributed by atoms with Crippen LogP contribution in [0.1, 0.15) is 21.5 Å². The van der Waals surface area contributed by atoms with Crippen LogP contribution in [-0.4, -0.2) is 73.4 Å². The number of ether oxygens (including phenoxy) is 1. The molecular formula is C23H26N6O3S. The zero-order valence-electron chi connectivity index (χ0n) is 18.6. The Balaban J connectivity index is 1.56. The van der Waals surface area contributed by atoms with E-state index < -0.39 is 0 Å². The van der Waals surface area contributed by atoms with Crippen molar-refractivity contribution in [1.29, 1.82) is 0 Å². The Morgan fingerprint density at radius 2 is 2.03 bits per heavy atom. The summed E-state index contributed by atoms with van der Waals surface area (Å²) >= 11 is 1.41. The Hall–Kier alpha value is -3.24. The molecule has 0 saturated carbocycles. The monoisotopic (exact) mass is 466 g/mol. The number of hydrogen-bond acceptors (Lipinski definition) is 7. The molecule has 1 aliphatic heterocycles. The summed E-state index contributed by atoms with van der Waals surface area (Å²) in [7, 11) is 1.84. The summed E-state index contributed by atoms with van der Waals surface area (Å²) in [5.74, 6) is -0.353. The Labute approximate surface area is 196 Å². The number of rotatable bonds is 7. The zero-order chi connectivity index (χ0) is 23.2. The maximum atomic E-state index is 13.4. The van der Waals surface area contributed by atoms with E-state index >= 15 is 0 Å². The smallest absolute Gasteiger partial charge is 0.257 e. The minimum Gasteiger partial charge on any atom is -0.370 e. The van der Waals surface area contributed by atoms with Gasteiger partial charge in [-0.25, -0.2) is 4.98 Å². The molecule has 1 fully saturated rings. The lowest BCUT2D eigenvalue weighted by molar-refractivity contribution is -0.132. The van der Waals surface area contributed by atoms with Gasteiger partial charge < -0.3 is 14.5 Å². The fraction of sp³-hybridized carbons (Fsp3) is 0.348. The van der Waals surface area contributed by atoms with Crippen molar-refractivity contribution in [2.45, 2.75) is 24.3 Å². The molecule has 4 heterocycles. The maximum absolute atomic E-state index is 13.4. The molecule has 0 bridgehead atoms. The second-order valence-electron chi connectivity index (χ2n) is 7.84. The first-order chi connectivity index (χ1) is 16.0. The third kappa shape index (κ3) is 5.77. The van der Waals surface area contributed by atoms with Crippen LogP contribution in [0.4, 0.5) is 0 Å². The van der Waals surface area contributed by atoms with Crippen molar-refractivity contribution in [3.8, 4) is 0 Å². The van der Waals surface area contributed by atoms with Gasteiger partial charge in [0.25, 0.3) is 5.91 Å². The lowest BCUT2D eigenvalue weighted by Crippen LogP contribution is -2.40. The van der Waals surface area contributed by atoms with E-state index in [1.807, 2.05) is 31.6 Å². The number of thioether (sulfide) groups is 1. The van der Waals surface area contributed by atoms with Gasteiger partial charge in [0.15, 0.2) is 0 Å². The Kier molecular flexibility index (Phi) is 7.36. The highest BCUT2D eigenvalue weighted by Gasteiger charge is 2.32. The van der Waals surface area contributed by atoms with Gasteiger partial charge in [-0.05, 0) is 30.0 Å². The van der Waals surface area contributed by atoms with Crippen molar-refractivity contribution in [3.05, 3.63) is 71.9 Å². The third-order valence-corrected chi connectivity index (χ3v) is 6.06. The molecule has 3 aromatic rings. The van der Waals surface area contributed by atoms with Crippen molar-refractivity contribution >= 4 is 23.6 Å². The average Bonchev–Trinajstić information content (AvgIpc) is 3.18. The van der Waals surface area contributed by atoms with Crippen molar-refractivity contribution in [2.75, 3.05) is 25.9 Å². The van der Waals surface area contributed by atoms with Crippen molar-refractivity contribution < 1.29 is 14.3 Å². The quantitative estimate of drug-likeness (QED) is 0.492. The van der Waals surface area contributed by atoms with E-state index in [1.165, 1.54) is 11.8 Å².